The molecular weight excluding hydrogens is 274 g/mol. The Kier molecular flexibility index (Phi) is 3.76. The van der Waals surface area contributed by atoms with Gasteiger partial charge in [-0.2, -0.15) is 0 Å². The molecule has 2 aliphatic heterocycles. The van der Waals surface area contributed by atoms with Gasteiger partial charge in [-0.3, -0.25) is 4.79 Å². The van der Waals surface area contributed by atoms with Crippen molar-refractivity contribution in [3.05, 3.63) is 41.5 Å². The smallest absolute Gasteiger partial charge is 0.246 e. The minimum absolute atomic E-state index is 0.164. The van der Waals surface area contributed by atoms with Crippen molar-refractivity contribution < 1.29 is 13.6 Å². The Labute approximate surface area is 122 Å². The minimum Gasteiger partial charge on any atom is -0.339 e. The highest BCUT2D eigenvalue weighted by atomic mass is 19.1. The third kappa shape index (κ3) is 2.83. The predicted octanol–water partition coefficient (Wildman–Crippen LogP) is 2.19. The lowest BCUT2D eigenvalue weighted by Gasteiger charge is -2.48. The zero-order valence-electron chi connectivity index (χ0n) is 11.7. The van der Waals surface area contributed by atoms with E-state index in [0.717, 1.165) is 25.9 Å². The van der Waals surface area contributed by atoms with Crippen LogP contribution in [0.1, 0.15) is 18.4 Å². The van der Waals surface area contributed by atoms with Crippen molar-refractivity contribution in [1.82, 2.24) is 10.2 Å². The molecule has 3 nitrogen and oxygen atoms in total. The normalized spacial score (nSPS) is 20.8. The molecule has 5 heteroatoms. The number of likely N-dealkylation sites (tertiary alicyclic amines) is 1. The standard InChI is InChI=1S/C16H18F2N2O/c17-13-2-1-3-14(18)12(13)4-5-15(21)20-8-6-16(7-9-20)10-19-11-16/h1-5,19H,6-11H2. The Morgan fingerprint density at radius 2 is 1.81 bits per heavy atom. The highest BCUT2D eigenvalue weighted by Crippen LogP contribution is 2.34. The van der Waals surface area contributed by atoms with Crippen LogP contribution in [-0.2, 0) is 4.79 Å². The van der Waals surface area contributed by atoms with Crippen molar-refractivity contribution in [2.24, 2.45) is 5.41 Å². The summed E-state index contributed by atoms with van der Waals surface area (Å²) in [6.07, 6.45) is 4.47. The van der Waals surface area contributed by atoms with Crippen molar-refractivity contribution in [3.8, 4) is 0 Å². The van der Waals surface area contributed by atoms with E-state index in [1.165, 1.54) is 30.4 Å². The number of carbonyl (C=O) groups is 1. The van der Waals surface area contributed by atoms with Crippen molar-refractivity contribution in [3.63, 3.8) is 0 Å². The molecule has 0 aliphatic carbocycles. The minimum atomic E-state index is -0.655. The summed E-state index contributed by atoms with van der Waals surface area (Å²) >= 11 is 0. The van der Waals surface area contributed by atoms with Gasteiger partial charge < -0.3 is 10.2 Å². The van der Waals surface area contributed by atoms with Crippen LogP contribution in [0.3, 0.4) is 0 Å². The molecule has 0 bridgehead atoms. The van der Waals surface area contributed by atoms with Crippen LogP contribution in [0.4, 0.5) is 8.78 Å². The van der Waals surface area contributed by atoms with Crippen LogP contribution in [-0.4, -0.2) is 37.0 Å². The first-order valence-corrected chi connectivity index (χ1v) is 7.21. The SMILES string of the molecule is O=C(C=Cc1c(F)cccc1F)N1CCC2(CC1)CNC2. The Morgan fingerprint density at radius 1 is 1.19 bits per heavy atom. The number of carbonyl (C=O) groups excluding carboxylic acids is 1. The monoisotopic (exact) mass is 292 g/mol. The molecule has 0 unspecified atom stereocenters. The number of hydrogen-bond donors (Lipinski definition) is 1. The number of benzene rings is 1. The average Bonchev–Trinajstić information content (AvgIpc) is 2.45. The van der Waals surface area contributed by atoms with Gasteiger partial charge in [0.15, 0.2) is 0 Å². The lowest BCUT2D eigenvalue weighted by atomic mass is 9.73. The average molecular weight is 292 g/mol. The molecule has 1 spiro atoms. The molecule has 1 aromatic rings. The number of nitrogens with zero attached hydrogens (tertiary/aromatic N) is 1. The van der Waals surface area contributed by atoms with E-state index in [4.69, 9.17) is 0 Å². The second kappa shape index (κ2) is 5.56. The molecule has 3 rings (SSSR count). The Bertz CT molecular complexity index is 551. The van der Waals surface area contributed by atoms with Crippen LogP contribution in [0.5, 0.6) is 0 Å². The third-order valence-electron chi connectivity index (χ3n) is 4.53. The number of hydrogen-bond acceptors (Lipinski definition) is 2. The Hall–Kier alpha value is -1.75. The second-order valence-electron chi connectivity index (χ2n) is 5.90. The molecule has 112 valence electrons. The third-order valence-corrected chi connectivity index (χ3v) is 4.53. The molecule has 2 heterocycles. The molecule has 0 atom stereocenters. The van der Waals surface area contributed by atoms with Gasteiger partial charge in [-0.15, -0.1) is 0 Å². The van der Waals surface area contributed by atoms with Crippen molar-refractivity contribution in [2.75, 3.05) is 26.2 Å². The summed E-state index contributed by atoms with van der Waals surface area (Å²) in [5.74, 6) is -1.49. The second-order valence-corrected chi connectivity index (χ2v) is 5.90. The van der Waals surface area contributed by atoms with Gasteiger partial charge in [0.05, 0.1) is 0 Å². The number of rotatable bonds is 2. The van der Waals surface area contributed by atoms with Crippen LogP contribution in [0.2, 0.25) is 0 Å². The molecule has 2 aliphatic rings. The van der Waals surface area contributed by atoms with E-state index in [1.54, 1.807) is 4.90 Å². The molecule has 0 radical (unpaired) electrons. The van der Waals surface area contributed by atoms with Crippen molar-refractivity contribution in [2.45, 2.75) is 12.8 Å². The number of halogens is 2. The van der Waals surface area contributed by atoms with Gasteiger partial charge in [0.25, 0.3) is 0 Å². The first-order valence-electron chi connectivity index (χ1n) is 7.21. The highest BCUT2D eigenvalue weighted by molar-refractivity contribution is 5.91. The van der Waals surface area contributed by atoms with E-state index < -0.39 is 11.6 Å². The topological polar surface area (TPSA) is 32.3 Å². The van der Waals surface area contributed by atoms with E-state index in [2.05, 4.69) is 5.32 Å². The van der Waals surface area contributed by atoms with Crippen LogP contribution in [0.25, 0.3) is 6.08 Å². The number of amides is 1. The summed E-state index contributed by atoms with van der Waals surface area (Å²) in [7, 11) is 0. The van der Waals surface area contributed by atoms with Gasteiger partial charge in [-0.1, -0.05) is 6.07 Å². The summed E-state index contributed by atoms with van der Waals surface area (Å²) in [5, 5.41) is 3.27. The van der Waals surface area contributed by atoms with Crippen LogP contribution < -0.4 is 5.32 Å². The molecule has 1 amide bonds. The maximum atomic E-state index is 13.5. The number of nitrogens with one attached hydrogen (secondary N) is 1. The van der Waals surface area contributed by atoms with Gasteiger partial charge in [0.1, 0.15) is 11.6 Å². The summed E-state index contributed by atoms with van der Waals surface area (Å²) in [6.45, 7) is 3.49. The molecule has 21 heavy (non-hydrogen) atoms. The first-order chi connectivity index (χ1) is 10.1. The van der Waals surface area contributed by atoms with Crippen molar-refractivity contribution >= 4 is 12.0 Å². The molecule has 0 saturated carbocycles. The van der Waals surface area contributed by atoms with Crippen LogP contribution in [0.15, 0.2) is 24.3 Å². The van der Waals surface area contributed by atoms with Gasteiger partial charge >= 0.3 is 0 Å². The largest absolute Gasteiger partial charge is 0.339 e. The molecular formula is C16H18F2N2O. The molecule has 2 fully saturated rings. The first kappa shape index (κ1) is 14.2. The summed E-state index contributed by atoms with van der Waals surface area (Å²) < 4.78 is 27.0. The molecule has 1 N–H and O–H groups in total. The summed E-state index contributed by atoms with van der Waals surface area (Å²) in [4.78, 5) is 13.8. The Balaban J connectivity index is 1.63. The molecule has 2 saturated heterocycles. The van der Waals surface area contributed by atoms with Crippen LogP contribution in [0, 0.1) is 17.0 Å². The van der Waals surface area contributed by atoms with Gasteiger partial charge in [-0.05, 0) is 36.5 Å². The van der Waals surface area contributed by atoms with E-state index in [-0.39, 0.29) is 11.5 Å². The lowest BCUT2D eigenvalue weighted by Crippen LogP contribution is -2.58. The molecule has 1 aromatic carbocycles. The van der Waals surface area contributed by atoms with Crippen LogP contribution >= 0.6 is 0 Å². The lowest BCUT2D eigenvalue weighted by molar-refractivity contribution is -0.128. The maximum Gasteiger partial charge on any atom is 0.246 e. The fourth-order valence-electron chi connectivity index (χ4n) is 2.96. The van der Waals surface area contributed by atoms with Gasteiger partial charge in [0, 0.05) is 37.8 Å². The fraction of sp³-hybridized carbons (Fsp3) is 0.438. The zero-order valence-corrected chi connectivity index (χ0v) is 11.7. The van der Waals surface area contributed by atoms with E-state index in [0.29, 0.717) is 18.5 Å². The predicted molar refractivity (Wildman–Crippen MR) is 76.5 cm³/mol. The quantitative estimate of drug-likeness (QED) is 0.848. The van der Waals surface area contributed by atoms with Gasteiger partial charge in [-0.25, -0.2) is 8.78 Å². The van der Waals surface area contributed by atoms with E-state index in [1.807, 2.05) is 0 Å². The highest BCUT2D eigenvalue weighted by Gasteiger charge is 2.40. The van der Waals surface area contributed by atoms with Gasteiger partial charge in [0.2, 0.25) is 5.91 Å². The summed E-state index contributed by atoms with van der Waals surface area (Å²) in [5.41, 5.74) is 0.209. The van der Waals surface area contributed by atoms with Crippen molar-refractivity contribution in [1.29, 1.82) is 0 Å². The fourth-order valence-corrected chi connectivity index (χ4v) is 2.96. The van der Waals surface area contributed by atoms with E-state index >= 15 is 0 Å². The Morgan fingerprint density at radius 3 is 2.33 bits per heavy atom. The zero-order chi connectivity index (χ0) is 14.9. The van der Waals surface area contributed by atoms with E-state index in [9.17, 15) is 13.6 Å². The molecule has 0 aromatic heterocycles. The maximum absolute atomic E-state index is 13.5. The summed E-state index contributed by atoms with van der Waals surface area (Å²) in [6, 6.07) is 3.67. The number of piperidine rings is 1.